The molecule has 2 unspecified atom stereocenters. The van der Waals surface area contributed by atoms with Gasteiger partial charge in [-0.2, -0.15) is 0 Å². The highest BCUT2D eigenvalue weighted by Crippen LogP contribution is 2.33. The number of hydrogen-bond acceptors (Lipinski definition) is 5. The zero-order valence-electron chi connectivity index (χ0n) is 15.7. The third kappa shape index (κ3) is 3.62. The highest BCUT2D eigenvalue weighted by atomic mass is 16.4. The average Bonchev–Trinajstić information content (AvgIpc) is 3.28. The van der Waals surface area contributed by atoms with Gasteiger partial charge in [-0.25, -0.2) is 9.78 Å². The summed E-state index contributed by atoms with van der Waals surface area (Å²) in [6.45, 7) is 3.09. The predicted molar refractivity (Wildman–Crippen MR) is 103 cm³/mol. The van der Waals surface area contributed by atoms with E-state index in [1.165, 1.54) is 11.1 Å². The Labute approximate surface area is 163 Å². The van der Waals surface area contributed by atoms with Crippen molar-refractivity contribution in [3.05, 3.63) is 54.0 Å². The molecule has 2 aromatic rings. The zero-order valence-corrected chi connectivity index (χ0v) is 15.7. The molecular formula is C20H23N5O3. The Morgan fingerprint density at radius 3 is 2.43 bits per heavy atom. The van der Waals surface area contributed by atoms with Crippen molar-refractivity contribution in [2.45, 2.75) is 6.54 Å². The maximum atomic E-state index is 12.8. The lowest BCUT2D eigenvalue weighted by atomic mass is 10.0. The SMILES string of the molecule is CN(Cc1ccccc1)C(=O)c1cncc(N2CC3CN(C(=O)O)CC3C2)n1. The minimum atomic E-state index is -0.852. The fourth-order valence-corrected chi connectivity index (χ4v) is 4.07. The molecule has 4 rings (SSSR count). The minimum Gasteiger partial charge on any atom is -0.465 e. The molecule has 1 N–H and O–H groups in total. The number of aromatic nitrogens is 2. The number of fused-ring (bicyclic) bond motifs is 1. The van der Waals surface area contributed by atoms with E-state index in [9.17, 15) is 9.59 Å². The molecular weight excluding hydrogens is 358 g/mol. The Balaban J connectivity index is 1.42. The zero-order chi connectivity index (χ0) is 19.7. The third-order valence-corrected chi connectivity index (χ3v) is 5.53. The number of likely N-dealkylation sites (tertiary alicyclic amines) is 1. The summed E-state index contributed by atoms with van der Waals surface area (Å²) in [6.07, 6.45) is 2.31. The first-order valence-electron chi connectivity index (χ1n) is 9.35. The molecule has 0 saturated carbocycles. The van der Waals surface area contributed by atoms with Crippen LogP contribution < -0.4 is 4.90 Å². The second kappa shape index (κ2) is 7.46. The first-order valence-corrected chi connectivity index (χ1v) is 9.35. The number of benzene rings is 1. The summed E-state index contributed by atoms with van der Waals surface area (Å²) in [5.41, 5.74) is 1.37. The lowest BCUT2D eigenvalue weighted by Crippen LogP contribution is -2.33. The molecule has 1 aromatic carbocycles. The number of rotatable bonds is 4. The molecule has 146 valence electrons. The Morgan fingerprint density at radius 1 is 1.11 bits per heavy atom. The van der Waals surface area contributed by atoms with Gasteiger partial charge in [0.2, 0.25) is 0 Å². The van der Waals surface area contributed by atoms with Crippen molar-refractivity contribution in [2.75, 3.05) is 38.1 Å². The molecule has 2 amide bonds. The van der Waals surface area contributed by atoms with Crippen LogP contribution in [0.15, 0.2) is 42.7 Å². The van der Waals surface area contributed by atoms with Crippen molar-refractivity contribution in [1.82, 2.24) is 19.8 Å². The molecule has 28 heavy (non-hydrogen) atoms. The standard InChI is InChI=1S/C20H23N5O3/c1-23(9-14-5-3-2-4-6-14)19(26)17-7-21-8-18(22-17)24-10-15-12-25(20(27)28)13-16(15)11-24/h2-8,15-16H,9-13H2,1H3,(H,27,28). The smallest absolute Gasteiger partial charge is 0.407 e. The first-order chi connectivity index (χ1) is 13.5. The Hall–Kier alpha value is -3.16. The van der Waals surface area contributed by atoms with Crippen molar-refractivity contribution in [1.29, 1.82) is 0 Å². The van der Waals surface area contributed by atoms with Crippen LogP contribution in [-0.4, -0.2) is 70.1 Å². The summed E-state index contributed by atoms with van der Waals surface area (Å²) >= 11 is 0. The van der Waals surface area contributed by atoms with E-state index in [0.29, 0.717) is 43.0 Å². The van der Waals surface area contributed by atoms with Gasteiger partial charge in [0.25, 0.3) is 5.91 Å². The predicted octanol–water partition coefficient (Wildman–Crippen LogP) is 1.79. The molecule has 0 spiro atoms. The molecule has 8 heteroatoms. The number of nitrogens with zero attached hydrogens (tertiary/aromatic N) is 5. The summed E-state index contributed by atoms with van der Waals surface area (Å²) in [5.74, 6) is 1.11. The van der Waals surface area contributed by atoms with Crippen molar-refractivity contribution < 1.29 is 14.7 Å². The van der Waals surface area contributed by atoms with Crippen LogP contribution in [0.2, 0.25) is 0 Å². The van der Waals surface area contributed by atoms with Gasteiger partial charge in [0.05, 0.1) is 12.4 Å². The maximum Gasteiger partial charge on any atom is 0.407 e. The number of carbonyl (C=O) groups is 2. The van der Waals surface area contributed by atoms with Crippen LogP contribution >= 0.6 is 0 Å². The van der Waals surface area contributed by atoms with E-state index < -0.39 is 6.09 Å². The van der Waals surface area contributed by atoms with Gasteiger partial charge in [-0.1, -0.05) is 30.3 Å². The monoisotopic (exact) mass is 381 g/mol. The van der Waals surface area contributed by atoms with Crippen LogP contribution in [-0.2, 0) is 6.54 Å². The van der Waals surface area contributed by atoms with Crippen LogP contribution in [0.4, 0.5) is 10.6 Å². The van der Waals surface area contributed by atoms with E-state index >= 15 is 0 Å². The second-order valence-electron chi connectivity index (χ2n) is 7.52. The van der Waals surface area contributed by atoms with E-state index in [2.05, 4.69) is 14.9 Å². The van der Waals surface area contributed by atoms with E-state index in [-0.39, 0.29) is 5.91 Å². The normalized spacial score (nSPS) is 20.9. The summed E-state index contributed by atoms with van der Waals surface area (Å²) in [6, 6.07) is 9.81. The van der Waals surface area contributed by atoms with Gasteiger partial charge >= 0.3 is 6.09 Å². The molecule has 2 saturated heterocycles. The second-order valence-corrected chi connectivity index (χ2v) is 7.52. The van der Waals surface area contributed by atoms with Crippen molar-refractivity contribution in [2.24, 2.45) is 11.8 Å². The fraction of sp³-hybridized carbons (Fsp3) is 0.400. The van der Waals surface area contributed by atoms with Crippen LogP contribution in [0.3, 0.4) is 0 Å². The number of carboxylic acid groups (broad SMARTS) is 1. The Morgan fingerprint density at radius 2 is 1.79 bits per heavy atom. The van der Waals surface area contributed by atoms with Crippen molar-refractivity contribution in [3.8, 4) is 0 Å². The summed E-state index contributed by atoms with van der Waals surface area (Å²) in [7, 11) is 1.75. The molecule has 0 aliphatic carbocycles. The molecule has 1 aromatic heterocycles. The van der Waals surface area contributed by atoms with E-state index in [0.717, 1.165) is 18.7 Å². The van der Waals surface area contributed by atoms with Gasteiger partial charge in [0, 0.05) is 51.6 Å². The van der Waals surface area contributed by atoms with Gasteiger partial charge in [0.15, 0.2) is 0 Å². The molecule has 2 aliphatic heterocycles. The quantitative estimate of drug-likeness (QED) is 0.869. The molecule has 0 radical (unpaired) electrons. The van der Waals surface area contributed by atoms with Gasteiger partial charge in [-0.3, -0.25) is 9.78 Å². The van der Waals surface area contributed by atoms with E-state index in [1.54, 1.807) is 18.1 Å². The van der Waals surface area contributed by atoms with Gasteiger partial charge in [-0.15, -0.1) is 0 Å². The van der Waals surface area contributed by atoms with Gasteiger partial charge in [-0.05, 0) is 5.56 Å². The summed E-state index contributed by atoms with van der Waals surface area (Å²) < 4.78 is 0. The topological polar surface area (TPSA) is 89.9 Å². The average molecular weight is 381 g/mol. The lowest BCUT2D eigenvalue weighted by molar-refractivity contribution is 0.0779. The van der Waals surface area contributed by atoms with Gasteiger partial charge in [0.1, 0.15) is 11.5 Å². The highest BCUT2D eigenvalue weighted by Gasteiger charge is 2.42. The van der Waals surface area contributed by atoms with Crippen molar-refractivity contribution in [3.63, 3.8) is 0 Å². The molecule has 0 bridgehead atoms. The number of hydrogen-bond donors (Lipinski definition) is 1. The highest BCUT2D eigenvalue weighted by molar-refractivity contribution is 5.92. The number of amides is 2. The third-order valence-electron chi connectivity index (χ3n) is 5.53. The minimum absolute atomic E-state index is 0.172. The van der Waals surface area contributed by atoms with Crippen molar-refractivity contribution >= 4 is 17.8 Å². The van der Waals surface area contributed by atoms with Gasteiger partial charge < -0.3 is 19.8 Å². The fourth-order valence-electron chi connectivity index (χ4n) is 4.07. The lowest BCUT2D eigenvalue weighted by Gasteiger charge is -2.22. The van der Waals surface area contributed by atoms with Crippen LogP contribution in [0.5, 0.6) is 0 Å². The molecule has 2 fully saturated rings. The summed E-state index contributed by atoms with van der Waals surface area (Å²) in [5, 5.41) is 9.15. The first kappa shape index (κ1) is 18.2. The molecule has 3 heterocycles. The Bertz CT molecular complexity index is 861. The molecule has 8 nitrogen and oxygen atoms in total. The maximum absolute atomic E-state index is 12.8. The van der Waals surface area contributed by atoms with Crippen LogP contribution in [0.25, 0.3) is 0 Å². The van der Waals surface area contributed by atoms with E-state index in [1.807, 2.05) is 30.3 Å². The number of carbonyl (C=O) groups excluding carboxylic acids is 1. The number of anilines is 1. The molecule has 2 atom stereocenters. The van der Waals surface area contributed by atoms with Crippen LogP contribution in [0, 0.1) is 11.8 Å². The largest absolute Gasteiger partial charge is 0.465 e. The summed E-state index contributed by atoms with van der Waals surface area (Å²) in [4.78, 5) is 37.9. The van der Waals surface area contributed by atoms with E-state index in [4.69, 9.17) is 5.11 Å². The molecule has 2 aliphatic rings. The van der Waals surface area contributed by atoms with Crippen LogP contribution in [0.1, 0.15) is 16.1 Å². The Kier molecular flexibility index (Phi) is 4.85.